The summed E-state index contributed by atoms with van der Waals surface area (Å²) >= 11 is 0. The molecule has 13 heavy (non-hydrogen) atoms. The Hall–Kier alpha value is -1.10. The highest BCUT2D eigenvalue weighted by Crippen LogP contribution is 2.51. The number of fused-ring (bicyclic) bond motifs is 1. The molecule has 0 aliphatic heterocycles. The van der Waals surface area contributed by atoms with Crippen LogP contribution in [0, 0.1) is 22.7 Å². The van der Waals surface area contributed by atoms with E-state index >= 15 is 0 Å². The number of hydrogen-bond donors (Lipinski definition) is 0. The van der Waals surface area contributed by atoms with E-state index in [0.717, 1.165) is 19.3 Å². The van der Waals surface area contributed by atoms with Crippen LogP contribution in [0.1, 0.15) is 32.6 Å². The lowest BCUT2D eigenvalue weighted by atomic mass is 9.71. The molecular weight excluding hydrogens is 162 g/mol. The van der Waals surface area contributed by atoms with Crippen molar-refractivity contribution in [2.24, 2.45) is 11.3 Å². The first kappa shape index (κ1) is 8.50. The maximum atomic E-state index is 11.2. The second-order valence-electron chi connectivity index (χ2n) is 4.27. The van der Waals surface area contributed by atoms with Crippen LogP contribution in [0.5, 0.6) is 0 Å². The van der Waals surface area contributed by atoms with E-state index in [0.29, 0.717) is 6.42 Å². The summed E-state index contributed by atoms with van der Waals surface area (Å²) in [6, 6.07) is 2.37. The van der Waals surface area contributed by atoms with Gasteiger partial charge in [0.25, 0.3) is 0 Å². The van der Waals surface area contributed by atoms with Gasteiger partial charge in [-0.1, -0.05) is 12.5 Å². The molecule has 2 nitrogen and oxygen atoms in total. The molecule has 0 amide bonds. The minimum Gasteiger partial charge on any atom is -0.295 e. The van der Waals surface area contributed by atoms with Gasteiger partial charge in [0.15, 0.2) is 5.78 Å². The van der Waals surface area contributed by atoms with E-state index in [-0.39, 0.29) is 17.1 Å². The number of rotatable bonds is 0. The molecule has 0 N–H and O–H groups in total. The van der Waals surface area contributed by atoms with Crippen molar-refractivity contribution in [2.75, 3.05) is 0 Å². The van der Waals surface area contributed by atoms with E-state index in [1.807, 2.05) is 0 Å². The molecule has 0 aromatic heterocycles. The molecule has 2 aliphatic carbocycles. The number of ketones is 1. The van der Waals surface area contributed by atoms with Crippen LogP contribution in [0.2, 0.25) is 0 Å². The molecule has 0 unspecified atom stereocenters. The van der Waals surface area contributed by atoms with Gasteiger partial charge in [-0.2, -0.15) is 5.26 Å². The van der Waals surface area contributed by atoms with Crippen molar-refractivity contribution in [3.8, 4) is 6.07 Å². The van der Waals surface area contributed by atoms with Crippen molar-refractivity contribution in [3.05, 3.63) is 11.6 Å². The largest absolute Gasteiger partial charge is 0.295 e. The fourth-order valence-corrected chi connectivity index (χ4v) is 2.56. The van der Waals surface area contributed by atoms with Gasteiger partial charge in [-0.25, -0.2) is 0 Å². The number of allylic oxidation sites excluding steroid dienone is 2. The van der Waals surface area contributed by atoms with Gasteiger partial charge in [-0.05, 0) is 25.3 Å². The van der Waals surface area contributed by atoms with Crippen molar-refractivity contribution in [3.63, 3.8) is 0 Å². The molecule has 1 saturated carbocycles. The van der Waals surface area contributed by atoms with Crippen LogP contribution in [0.4, 0.5) is 0 Å². The van der Waals surface area contributed by atoms with Crippen molar-refractivity contribution in [2.45, 2.75) is 32.6 Å². The number of hydrogen-bond acceptors (Lipinski definition) is 2. The predicted octanol–water partition coefficient (Wildman–Crippen LogP) is 2.22. The fourth-order valence-electron chi connectivity index (χ4n) is 2.56. The number of carbonyl (C=O) groups excluding carboxylic acids is 1. The molecule has 0 saturated heterocycles. The molecule has 2 aliphatic rings. The summed E-state index contributed by atoms with van der Waals surface area (Å²) < 4.78 is 0. The first-order valence-electron chi connectivity index (χ1n) is 4.80. The lowest BCUT2D eigenvalue weighted by Gasteiger charge is -2.31. The molecule has 0 heterocycles. The standard InChI is InChI=1S/C11H13NO/c1-11-5-4-10(13)6-8(11)2-3-9(11)7-12/h6,9H,2-5H2,1H3/t9-,11-/m1/s1. The van der Waals surface area contributed by atoms with Gasteiger partial charge in [0.2, 0.25) is 0 Å². The van der Waals surface area contributed by atoms with Gasteiger partial charge in [-0.15, -0.1) is 0 Å². The smallest absolute Gasteiger partial charge is 0.155 e. The zero-order chi connectivity index (χ0) is 9.47. The van der Waals surface area contributed by atoms with Crippen molar-refractivity contribution < 1.29 is 4.79 Å². The highest BCUT2D eigenvalue weighted by molar-refractivity contribution is 5.91. The van der Waals surface area contributed by atoms with Gasteiger partial charge < -0.3 is 0 Å². The molecule has 68 valence electrons. The second-order valence-corrected chi connectivity index (χ2v) is 4.27. The van der Waals surface area contributed by atoms with Gasteiger partial charge >= 0.3 is 0 Å². The quantitative estimate of drug-likeness (QED) is 0.566. The Labute approximate surface area is 78.2 Å². The van der Waals surface area contributed by atoms with Gasteiger partial charge in [-0.3, -0.25) is 4.79 Å². The summed E-state index contributed by atoms with van der Waals surface area (Å²) in [7, 11) is 0. The normalized spacial score (nSPS) is 38.0. The van der Waals surface area contributed by atoms with Gasteiger partial charge in [0, 0.05) is 11.8 Å². The van der Waals surface area contributed by atoms with E-state index in [1.165, 1.54) is 5.57 Å². The van der Waals surface area contributed by atoms with Crippen LogP contribution < -0.4 is 0 Å². The van der Waals surface area contributed by atoms with Crippen LogP contribution in [-0.2, 0) is 4.79 Å². The van der Waals surface area contributed by atoms with Crippen molar-refractivity contribution in [1.29, 1.82) is 5.26 Å². The van der Waals surface area contributed by atoms with Crippen LogP contribution in [0.15, 0.2) is 11.6 Å². The van der Waals surface area contributed by atoms with Gasteiger partial charge in [0.1, 0.15) is 0 Å². The molecule has 1 fully saturated rings. The molecule has 0 spiro atoms. The summed E-state index contributed by atoms with van der Waals surface area (Å²) in [5.74, 6) is 0.373. The van der Waals surface area contributed by atoms with E-state index in [2.05, 4.69) is 13.0 Å². The molecule has 2 heteroatoms. The monoisotopic (exact) mass is 175 g/mol. The zero-order valence-corrected chi connectivity index (χ0v) is 7.84. The van der Waals surface area contributed by atoms with E-state index in [9.17, 15) is 4.79 Å². The van der Waals surface area contributed by atoms with E-state index in [4.69, 9.17) is 5.26 Å². The molecule has 0 aromatic rings. The Morgan fingerprint density at radius 1 is 1.62 bits per heavy atom. The fraction of sp³-hybridized carbons (Fsp3) is 0.636. The summed E-state index contributed by atoms with van der Waals surface area (Å²) in [6.07, 6.45) is 5.15. The number of carbonyl (C=O) groups is 1. The zero-order valence-electron chi connectivity index (χ0n) is 7.84. The molecular formula is C11H13NO. The summed E-state index contributed by atoms with van der Waals surface area (Å²) in [5.41, 5.74) is 1.23. The third-order valence-corrected chi connectivity index (χ3v) is 3.59. The van der Waals surface area contributed by atoms with Crippen LogP contribution in [-0.4, -0.2) is 5.78 Å². The predicted molar refractivity (Wildman–Crippen MR) is 48.8 cm³/mol. The topological polar surface area (TPSA) is 40.9 Å². The highest BCUT2D eigenvalue weighted by Gasteiger charge is 2.44. The number of nitrogens with zero attached hydrogens (tertiary/aromatic N) is 1. The second kappa shape index (κ2) is 2.70. The lowest BCUT2D eigenvalue weighted by molar-refractivity contribution is -0.115. The lowest BCUT2D eigenvalue weighted by Crippen LogP contribution is -2.27. The van der Waals surface area contributed by atoms with Crippen molar-refractivity contribution in [1.82, 2.24) is 0 Å². The molecule has 0 aromatic carbocycles. The van der Waals surface area contributed by atoms with E-state index in [1.54, 1.807) is 6.08 Å². The third-order valence-electron chi connectivity index (χ3n) is 3.59. The first-order chi connectivity index (χ1) is 6.16. The molecule has 0 bridgehead atoms. The summed E-state index contributed by atoms with van der Waals surface area (Å²) in [6.45, 7) is 2.13. The minimum absolute atomic E-state index is 0.0165. The van der Waals surface area contributed by atoms with Gasteiger partial charge in [0.05, 0.1) is 12.0 Å². The Morgan fingerprint density at radius 3 is 3.08 bits per heavy atom. The van der Waals surface area contributed by atoms with Crippen LogP contribution in [0.3, 0.4) is 0 Å². The summed E-state index contributed by atoms with van der Waals surface area (Å²) in [5, 5.41) is 8.97. The minimum atomic E-state index is 0.0165. The first-order valence-corrected chi connectivity index (χ1v) is 4.80. The van der Waals surface area contributed by atoms with Crippen LogP contribution in [0.25, 0.3) is 0 Å². The molecule has 2 atom stereocenters. The SMILES string of the molecule is C[C@@]12CCC(=O)C=C1CC[C@@H]2C#N. The molecule has 0 radical (unpaired) electrons. The number of nitriles is 1. The average Bonchev–Trinajstić information content (AvgIpc) is 2.42. The third kappa shape index (κ3) is 1.11. The Morgan fingerprint density at radius 2 is 2.38 bits per heavy atom. The van der Waals surface area contributed by atoms with Crippen LogP contribution >= 0.6 is 0 Å². The maximum Gasteiger partial charge on any atom is 0.155 e. The Bertz CT molecular complexity index is 323. The summed E-state index contributed by atoms with van der Waals surface area (Å²) in [4.78, 5) is 11.2. The average molecular weight is 175 g/mol. The van der Waals surface area contributed by atoms with Crippen molar-refractivity contribution >= 4 is 5.78 Å². The van der Waals surface area contributed by atoms with E-state index < -0.39 is 0 Å². The Balaban J connectivity index is 2.39. The highest BCUT2D eigenvalue weighted by atomic mass is 16.1. The maximum absolute atomic E-state index is 11.2. The molecule has 2 rings (SSSR count). The Kier molecular flexibility index (Phi) is 1.76.